The molecular weight excluding hydrogens is 258 g/mol. The lowest BCUT2D eigenvalue weighted by atomic mass is 10.1. The summed E-state index contributed by atoms with van der Waals surface area (Å²) in [4.78, 5) is 23.6. The van der Waals surface area contributed by atoms with E-state index in [2.05, 4.69) is 0 Å². The molecule has 0 amide bonds. The van der Waals surface area contributed by atoms with Crippen LogP contribution in [0, 0.1) is 19.8 Å². The first-order valence-electron chi connectivity index (χ1n) is 6.58. The molecule has 1 rings (SSSR count). The zero-order chi connectivity index (χ0) is 15.3. The fourth-order valence-corrected chi connectivity index (χ4v) is 2.03. The van der Waals surface area contributed by atoms with Crippen molar-refractivity contribution in [1.82, 2.24) is 0 Å². The van der Waals surface area contributed by atoms with Gasteiger partial charge in [-0.15, -0.1) is 0 Å². The molecule has 0 aliphatic heterocycles. The molecule has 0 saturated heterocycles. The Balaban J connectivity index is 2.99. The van der Waals surface area contributed by atoms with Crippen molar-refractivity contribution >= 4 is 17.6 Å². The SMILES string of the molecule is Cc1cccc(N(CCC(=O)O)CC(C)C(=O)O)c1C. The molecule has 20 heavy (non-hydrogen) atoms. The number of carbonyl (C=O) groups is 2. The minimum Gasteiger partial charge on any atom is -0.481 e. The smallest absolute Gasteiger partial charge is 0.308 e. The summed E-state index contributed by atoms with van der Waals surface area (Å²) in [6.45, 7) is 6.17. The third kappa shape index (κ3) is 4.26. The first kappa shape index (κ1) is 16.0. The molecule has 1 unspecified atom stereocenters. The standard InChI is InChI=1S/C15H21NO4/c1-10-5-4-6-13(12(10)3)16(8-7-14(17)18)9-11(2)15(19)20/h4-6,11H,7-9H2,1-3H3,(H,17,18)(H,19,20). The molecule has 0 heterocycles. The van der Waals surface area contributed by atoms with Crippen molar-refractivity contribution in [2.24, 2.45) is 5.92 Å². The largest absolute Gasteiger partial charge is 0.481 e. The Kier molecular flexibility index (Phi) is 5.55. The monoisotopic (exact) mass is 279 g/mol. The van der Waals surface area contributed by atoms with Gasteiger partial charge in [-0.3, -0.25) is 9.59 Å². The maximum absolute atomic E-state index is 11.0. The lowest BCUT2D eigenvalue weighted by molar-refractivity contribution is -0.140. The zero-order valence-corrected chi connectivity index (χ0v) is 12.1. The van der Waals surface area contributed by atoms with Crippen molar-refractivity contribution in [2.45, 2.75) is 27.2 Å². The lowest BCUT2D eigenvalue weighted by Crippen LogP contribution is -2.34. The number of aliphatic carboxylic acids is 2. The molecule has 0 aliphatic carbocycles. The predicted molar refractivity (Wildman–Crippen MR) is 77.2 cm³/mol. The number of hydrogen-bond donors (Lipinski definition) is 2. The number of carboxylic acids is 2. The van der Waals surface area contributed by atoms with Gasteiger partial charge in [0.1, 0.15) is 0 Å². The highest BCUT2D eigenvalue weighted by molar-refractivity contribution is 5.71. The average Bonchev–Trinajstić information content (AvgIpc) is 2.37. The van der Waals surface area contributed by atoms with E-state index in [1.54, 1.807) is 6.92 Å². The number of aryl methyl sites for hydroxylation is 1. The summed E-state index contributed by atoms with van der Waals surface area (Å²) in [5, 5.41) is 17.9. The van der Waals surface area contributed by atoms with E-state index in [1.165, 1.54) is 0 Å². The third-order valence-electron chi connectivity index (χ3n) is 3.43. The quantitative estimate of drug-likeness (QED) is 0.800. The molecule has 110 valence electrons. The van der Waals surface area contributed by atoms with Gasteiger partial charge in [-0.1, -0.05) is 19.1 Å². The molecular formula is C15H21NO4. The molecule has 5 nitrogen and oxygen atoms in total. The number of nitrogens with zero attached hydrogens (tertiary/aromatic N) is 1. The fourth-order valence-electron chi connectivity index (χ4n) is 2.03. The molecule has 0 saturated carbocycles. The maximum Gasteiger partial charge on any atom is 0.308 e. The Morgan fingerprint density at radius 1 is 1.25 bits per heavy atom. The molecule has 2 N–H and O–H groups in total. The van der Waals surface area contributed by atoms with Gasteiger partial charge in [0.15, 0.2) is 0 Å². The molecule has 0 bridgehead atoms. The van der Waals surface area contributed by atoms with Gasteiger partial charge in [0, 0.05) is 18.8 Å². The highest BCUT2D eigenvalue weighted by atomic mass is 16.4. The summed E-state index contributed by atoms with van der Waals surface area (Å²) in [7, 11) is 0. The van der Waals surface area contributed by atoms with Crippen LogP contribution in [0.3, 0.4) is 0 Å². The summed E-state index contributed by atoms with van der Waals surface area (Å²) in [5.74, 6) is -2.32. The van der Waals surface area contributed by atoms with Crippen LogP contribution in [0.25, 0.3) is 0 Å². The summed E-state index contributed by atoms with van der Waals surface area (Å²) in [5.41, 5.74) is 3.06. The van der Waals surface area contributed by atoms with Gasteiger partial charge >= 0.3 is 11.9 Å². The summed E-state index contributed by atoms with van der Waals surface area (Å²) in [6, 6.07) is 5.78. The normalized spacial score (nSPS) is 11.9. The van der Waals surface area contributed by atoms with Gasteiger partial charge in [-0.05, 0) is 31.0 Å². The summed E-state index contributed by atoms with van der Waals surface area (Å²) < 4.78 is 0. The fraction of sp³-hybridized carbons (Fsp3) is 0.467. The second-order valence-corrected chi connectivity index (χ2v) is 5.05. The maximum atomic E-state index is 11.0. The Labute approximate surface area is 118 Å². The van der Waals surface area contributed by atoms with E-state index in [-0.39, 0.29) is 6.42 Å². The van der Waals surface area contributed by atoms with Crippen molar-refractivity contribution in [3.63, 3.8) is 0 Å². The first-order chi connectivity index (χ1) is 9.32. The van der Waals surface area contributed by atoms with Gasteiger partial charge in [-0.25, -0.2) is 0 Å². The van der Waals surface area contributed by atoms with Crippen molar-refractivity contribution in [3.8, 4) is 0 Å². The molecule has 1 atom stereocenters. The van der Waals surface area contributed by atoms with Crippen molar-refractivity contribution in [1.29, 1.82) is 0 Å². The third-order valence-corrected chi connectivity index (χ3v) is 3.43. The average molecular weight is 279 g/mol. The highest BCUT2D eigenvalue weighted by Crippen LogP contribution is 2.24. The van der Waals surface area contributed by atoms with Gasteiger partial charge < -0.3 is 15.1 Å². The van der Waals surface area contributed by atoms with Crippen LogP contribution in [0.15, 0.2) is 18.2 Å². The topological polar surface area (TPSA) is 77.8 Å². The van der Waals surface area contributed by atoms with Gasteiger partial charge in [-0.2, -0.15) is 0 Å². The first-order valence-corrected chi connectivity index (χ1v) is 6.58. The van der Waals surface area contributed by atoms with Crippen molar-refractivity contribution in [2.75, 3.05) is 18.0 Å². The van der Waals surface area contributed by atoms with Gasteiger partial charge in [0.25, 0.3) is 0 Å². The number of hydrogen-bond acceptors (Lipinski definition) is 3. The van der Waals surface area contributed by atoms with E-state index < -0.39 is 17.9 Å². The van der Waals surface area contributed by atoms with Crippen LogP contribution >= 0.6 is 0 Å². The highest BCUT2D eigenvalue weighted by Gasteiger charge is 2.19. The Morgan fingerprint density at radius 2 is 1.90 bits per heavy atom. The molecule has 0 aromatic heterocycles. The Bertz CT molecular complexity index is 499. The predicted octanol–water partition coefficient (Wildman–Crippen LogP) is 2.31. The number of carboxylic acid groups (broad SMARTS) is 2. The van der Waals surface area contributed by atoms with Gasteiger partial charge in [0.05, 0.1) is 12.3 Å². The van der Waals surface area contributed by atoms with E-state index in [0.29, 0.717) is 13.1 Å². The van der Waals surface area contributed by atoms with Gasteiger partial charge in [0.2, 0.25) is 0 Å². The van der Waals surface area contributed by atoms with Crippen LogP contribution < -0.4 is 4.90 Å². The minimum atomic E-state index is -0.886. The molecule has 1 aromatic carbocycles. The van der Waals surface area contributed by atoms with E-state index >= 15 is 0 Å². The summed E-state index contributed by atoms with van der Waals surface area (Å²) in [6.07, 6.45) is -0.0142. The Morgan fingerprint density at radius 3 is 2.45 bits per heavy atom. The number of rotatable bonds is 7. The van der Waals surface area contributed by atoms with E-state index in [1.807, 2.05) is 36.9 Å². The van der Waals surface area contributed by atoms with Crippen LogP contribution in [0.5, 0.6) is 0 Å². The second-order valence-electron chi connectivity index (χ2n) is 5.05. The molecule has 1 aromatic rings. The van der Waals surface area contributed by atoms with E-state index in [4.69, 9.17) is 10.2 Å². The zero-order valence-electron chi connectivity index (χ0n) is 12.1. The Hall–Kier alpha value is -2.04. The van der Waals surface area contributed by atoms with Crippen molar-refractivity contribution < 1.29 is 19.8 Å². The second kappa shape index (κ2) is 6.93. The molecule has 5 heteroatoms. The van der Waals surface area contributed by atoms with E-state index in [9.17, 15) is 9.59 Å². The minimum absolute atomic E-state index is 0.0142. The van der Waals surface area contributed by atoms with Crippen molar-refractivity contribution in [3.05, 3.63) is 29.3 Å². The molecule has 0 spiro atoms. The van der Waals surface area contributed by atoms with Crippen LogP contribution in [0.4, 0.5) is 5.69 Å². The molecule has 0 radical (unpaired) electrons. The number of anilines is 1. The van der Waals surface area contributed by atoms with Crippen LogP contribution in [0.1, 0.15) is 24.5 Å². The van der Waals surface area contributed by atoms with Crippen LogP contribution in [0.2, 0.25) is 0 Å². The number of benzene rings is 1. The summed E-state index contributed by atoms with van der Waals surface area (Å²) >= 11 is 0. The van der Waals surface area contributed by atoms with Crippen LogP contribution in [-0.2, 0) is 9.59 Å². The molecule has 0 fully saturated rings. The van der Waals surface area contributed by atoms with Crippen LogP contribution in [-0.4, -0.2) is 35.2 Å². The molecule has 0 aliphatic rings. The van der Waals surface area contributed by atoms with E-state index in [0.717, 1.165) is 16.8 Å². The lowest BCUT2D eigenvalue weighted by Gasteiger charge is -2.28.